The van der Waals surface area contributed by atoms with E-state index in [1.165, 1.54) is 30.7 Å². The predicted octanol–water partition coefficient (Wildman–Crippen LogP) is 4.63. The Morgan fingerprint density at radius 3 is 2.29 bits per heavy atom. The van der Waals surface area contributed by atoms with E-state index in [2.05, 4.69) is 5.32 Å². The van der Waals surface area contributed by atoms with E-state index in [-0.39, 0.29) is 29.4 Å². The van der Waals surface area contributed by atoms with E-state index in [9.17, 15) is 13.2 Å². The zero-order valence-electron chi connectivity index (χ0n) is 20.2. The first kappa shape index (κ1) is 26.4. The summed E-state index contributed by atoms with van der Waals surface area (Å²) in [5, 5.41) is 2.97. The van der Waals surface area contributed by atoms with Crippen LogP contribution in [0, 0.1) is 0 Å². The van der Waals surface area contributed by atoms with Gasteiger partial charge in [-0.2, -0.15) is 4.31 Å². The number of carbonyl (C=O) groups is 1. The van der Waals surface area contributed by atoms with Gasteiger partial charge in [0.2, 0.25) is 15.9 Å². The highest BCUT2D eigenvalue weighted by atomic mass is 32.2. The summed E-state index contributed by atoms with van der Waals surface area (Å²) < 4.78 is 39.3. The number of amides is 1. The molecule has 0 spiro atoms. The van der Waals surface area contributed by atoms with Crippen molar-refractivity contribution in [1.82, 2.24) is 9.62 Å². The number of rotatable bonds is 10. The van der Waals surface area contributed by atoms with Crippen molar-refractivity contribution in [2.45, 2.75) is 60.9 Å². The fraction of sp³-hybridized carbons (Fsp3) is 0.480. The van der Waals surface area contributed by atoms with Crippen LogP contribution in [0.1, 0.15) is 50.6 Å². The van der Waals surface area contributed by atoms with Gasteiger partial charge >= 0.3 is 0 Å². The maximum Gasteiger partial charge on any atom is 0.243 e. The lowest BCUT2D eigenvalue weighted by molar-refractivity contribution is -0.122. The summed E-state index contributed by atoms with van der Waals surface area (Å²) in [5.41, 5.74) is 0.970. The molecule has 1 aliphatic carbocycles. The Bertz CT molecular complexity index is 1070. The number of nitrogens with zero attached hydrogens (tertiary/aromatic N) is 1. The minimum absolute atomic E-state index is 0.0872. The van der Waals surface area contributed by atoms with E-state index >= 15 is 0 Å². The summed E-state index contributed by atoms with van der Waals surface area (Å²) in [6, 6.07) is 12.1. The molecule has 0 bridgehead atoms. The third kappa shape index (κ3) is 6.25. The summed E-state index contributed by atoms with van der Waals surface area (Å²) in [6.45, 7) is 1.67. The van der Waals surface area contributed by atoms with Crippen molar-refractivity contribution < 1.29 is 22.7 Å². The zero-order valence-corrected chi connectivity index (χ0v) is 21.9. The topological polar surface area (TPSA) is 84.9 Å². The fourth-order valence-electron chi connectivity index (χ4n) is 4.30. The Morgan fingerprint density at radius 1 is 1.06 bits per heavy atom. The molecule has 0 saturated heterocycles. The summed E-state index contributed by atoms with van der Waals surface area (Å²) in [5.74, 6) is 0.458. The number of benzene rings is 2. The van der Waals surface area contributed by atoms with Crippen LogP contribution in [0.4, 0.5) is 0 Å². The average molecular weight is 507 g/mol. The molecule has 1 atom stereocenters. The second-order valence-electron chi connectivity index (χ2n) is 8.42. The van der Waals surface area contributed by atoms with Crippen LogP contribution in [0.5, 0.6) is 11.5 Å². The number of carbonyl (C=O) groups excluding carboxylic acids is 1. The SMILES string of the molecule is COc1ccc(S(=O)(=O)N(CC(=O)N[C@@H](C)c2ccc(SC)cc2)C2CCCCC2)cc1OC. The van der Waals surface area contributed by atoms with Crippen LogP contribution in [0.15, 0.2) is 52.3 Å². The highest BCUT2D eigenvalue weighted by Gasteiger charge is 2.34. The summed E-state index contributed by atoms with van der Waals surface area (Å²) in [6.07, 6.45) is 6.47. The van der Waals surface area contributed by atoms with Gasteiger partial charge in [-0.25, -0.2) is 8.42 Å². The number of hydrogen-bond donors (Lipinski definition) is 1. The Hall–Kier alpha value is -2.23. The van der Waals surface area contributed by atoms with E-state index < -0.39 is 10.0 Å². The first-order valence-electron chi connectivity index (χ1n) is 11.5. The van der Waals surface area contributed by atoms with Crippen LogP contribution in [-0.2, 0) is 14.8 Å². The van der Waals surface area contributed by atoms with Gasteiger partial charge in [0.1, 0.15) is 0 Å². The molecule has 186 valence electrons. The molecule has 1 fully saturated rings. The smallest absolute Gasteiger partial charge is 0.243 e. The molecule has 34 heavy (non-hydrogen) atoms. The predicted molar refractivity (Wildman–Crippen MR) is 135 cm³/mol. The van der Waals surface area contributed by atoms with Crippen molar-refractivity contribution >= 4 is 27.7 Å². The van der Waals surface area contributed by atoms with Gasteiger partial charge in [-0.3, -0.25) is 4.79 Å². The molecule has 3 rings (SSSR count). The number of thioether (sulfide) groups is 1. The highest BCUT2D eigenvalue weighted by molar-refractivity contribution is 7.98. The molecule has 0 radical (unpaired) electrons. The molecule has 1 N–H and O–H groups in total. The molecular weight excluding hydrogens is 472 g/mol. The first-order valence-corrected chi connectivity index (χ1v) is 14.1. The largest absolute Gasteiger partial charge is 0.493 e. The molecule has 1 aliphatic rings. The minimum Gasteiger partial charge on any atom is -0.493 e. The number of hydrogen-bond acceptors (Lipinski definition) is 6. The van der Waals surface area contributed by atoms with E-state index in [0.717, 1.165) is 42.6 Å². The van der Waals surface area contributed by atoms with Gasteiger partial charge in [-0.05, 0) is 55.9 Å². The summed E-state index contributed by atoms with van der Waals surface area (Å²) in [4.78, 5) is 14.3. The zero-order chi connectivity index (χ0) is 24.7. The minimum atomic E-state index is -3.93. The van der Waals surface area contributed by atoms with Crippen LogP contribution in [0.25, 0.3) is 0 Å². The van der Waals surface area contributed by atoms with Crippen molar-refractivity contribution in [3.05, 3.63) is 48.0 Å². The van der Waals surface area contributed by atoms with E-state index in [1.54, 1.807) is 17.8 Å². The maximum absolute atomic E-state index is 13.7. The maximum atomic E-state index is 13.7. The van der Waals surface area contributed by atoms with Crippen LogP contribution in [0.2, 0.25) is 0 Å². The highest BCUT2D eigenvalue weighted by Crippen LogP contribution is 2.33. The quantitative estimate of drug-likeness (QED) is 0.473. The third-order valence-corrected chi connectivity index (χ3v) is 8.87. The molecule has 0 aliphatic heterocycles. The molecule has 0 aromatic heterocycles. The van der Waals surface area contributed by atoms with Crippen molar-refractivity contribution in [1.29, 1.82) is 0 Å². The van der Waals surface area contributed by atoms with E-state index in [0.29, 0.717) is 11.5 Å². The number of ether oxygens (including phenoxy) is 2. The van der Waals surface area contributed by atoms with Crippen LogP contribution < -0.4 is 14.8 Å². The lowest BCUT2D eigenvalue weighted by atomic mass is 9.95. The molecule has 1 saturated carbocycles. The Morgan fingerprint density at radius 2 is 1.71 bits per heavy atom. The van der Waals surface area contributed by atoms with Gasteiger partial charge in [0, 0.05) is 17.0 Å². The normalized spacial score (nSPS) is 15.7. The van der Waals surface area contributed by atoms with Gasteiger partial charge in [0.15, 0.2) is 11.5 Å². The van der Waals surface area contributed by atoms with Crippen molar-refractivity contribution in [3.63, 3.8) is 0 Å². The van der Waals surface area contributed by atoms with E-state index in [4.69, 9.17) is 9.47 Å². The standard InChI is InChI=1S/C25H34N2O5S2/c1-18(19-10-12-21(33-4)13-11-19)26-25(28)17-27(20-8-6-5-7-9-20)34(29,30)22-14-15-23(31-2)24(16-22)32-3/h10-16,18,20H,5-9,17H2,1-4H3,(H,26,28)/t18-/m0/s1. The molecule has 2 aromatic carbocycles. The Balaban J connectivity index is 1.83. The lowest BCUT2D eigenvalue weighted by Gasteiger charge is -2.33. The van der Waals surface area contributed by atoms with Crippen LogP contribution in [-0.4, -0.2) is 51.7 Å². The molecule has 7 nitrogen and oxygen atoms in total. The van der Waals surface area contributed by atoms with Crippen molar-refractivity contribution in [2.24, 2.45) is 0 Å². The summed E-state index contributed by atoms with van der Waals surface area (Å²) >= 11 is 1.66. The van der Waals surface area contributed by atoms with Gasteiger partial charge < -0.3 is 14.8 Å². The van der Waals surface area contributed by atoms with Gasteiger partial charge in [-0.15, -0.1) is 11.8 Å². The average Bonchev–Trinajstić information content (AvgIpc) is 2.87. The molecule has 0 unspecified atom stereocenters. The second-order valence-corrected chi connectivity index (χ2v) is 11.2. The fourth-order valence-corrected chi connectivity index (χ4v) is 6.36. The number of methoxy groups -OCH3 is 2. The molecule has 1 amide bonds. The summed E-state index contributed by atoms with van der Waals surface area (Å²) in [7, 11) is -0.962. The van der Waals surface area contributed by atoms with Crippen molar-refractivity contribution in [2.75, 3.05) is 27.0 Å². The first-order chi connectivity index (χ1) is 16.3. The lowest BCUT2D eigenvalue weighted by Crippen LogP contribution is -2.47. The number of sulfonamides is 1. The van der Waals surface area contributed by atoms with Gasteiger partial charge in [0.25, 0.3) is 0 Å². The second kappa shape index (κ2) is 12.0. The molecule has 9 heteroatoms. The Labute approximate surface area is 207 Å². The molecule has 0 heterocycles. The number of nitrogens with one attached hydrogen (secondary N) is 1. The van der Waals surface area contributed by atoms with Crippen LogP contribution in [0.3, 0.4) is 0 Å². The van der Waals surface area contributed by atoms with Crippen molar-refractivity contribution in [3.8, 4) is 11.5 Å². The van der Waals surface area contributed by atoms with Crippen LogP contribution >= 0.6 is 11.8 Å². The van der Waals surface area contributed by atoms with Gasteiger partial charge in [0.05, 0.1) is 31.7 Å². The van der Waals surface area contributed by atoms with Gasteiger partial charge in [-0.1, -0.05) is 31.4 Å². The molecule has 2 aromatic rings. The molecular formula is C25H34N2O5S2. The Kier molecular flexibility index (Phi) is 9.27. The monoisotopic (exact) mass is 506 g/mol. The van der Waals surface area contributed by atoms with E-state index in [1.807, 2.05) is 37.4 Å². The third-order valence-electron chi connectivity index (χ3n) is 6.24.